The minimum Gasteiger partial charge on any atom is -0.481 e. The molecule has 4 atom stereocenters. The molecule has 2 N–H and O–H groups in total. The third kappa shape index (κ3) is 2.42. The van der Waals surface area contributed by atoms with Gasteiger partial charge in [-0.1, -0.05) is 0 Å². The fourth-order valence-corrected chi connectivity index (χ4v) is 3.45. The summed E-state index contributed by atoms with van der Waals surface area (Å²) in [7, 11) is 1.82. The van der Waals surface area contributed by atoms with Gasteiger partial charge in [0.15, 0.2) is 0 Å². The predicted octanol–water partition coefficient (Wildman–Crippen LogP) is 0.223. The normalized spacial score (nSPS) is 30.6. The Morgan fingerprint density at radius 1 is 1.43 bits per heavy atom. The molecular weight excluding hydrogens is 274 g/mol. The summed E-state index contributed by atoms with van der Waals surface area (Å²) in [5.74, 6) is -2.49. The number of fused-ring (bicyclic) bond motifs is 2. The van der Waals surface area contributed by atoms with Gasteiger partial charge < -0.3 is 15.2 Å². The molecular formula is C14H19N3O4. The first-order valence-electron chi connectivity index (χ1n) is 7.12. The molecule has 2 fully saturated rings. The Balaban J connectivity index is 1.67. The highest BCUT2D eigenvalue weighted by Gasteiger charge is 2.55. The standard InChI is InChI=1S/C14H19N3O4/c1-7-8(6-17(2)16-7)5-15-13(18)11-9-3-4-10(21-9)12(11)14(19)20/h6,9-12H,3-5H2,1-2H3,(H,15,18)(H,19,20)/t9-,10-,11+,12+/m1/s1. The van der Waals surface area contributed by atoms with Crippen LogP contribution in [0.4, 0.5) is 0 Å². The molecule has 0 radical (unpaired) electrons. The number of aliphatic carboxylic acids is 1. The highest BCUT2D eigenvalue weighted by Crippen LogP contribution is 2.43. The molecule has 3 rings (SSSR count). The first-order valence-corrected chi connectivity index (χ1v) is 7.12. The molecule has 2 saturated heterocycles. The second-order valence-corrected chi connectivity index (χ2v) is 5.81. The number of carbonyl (C=O) groups is 2. The SMILES string of the molecule is Cc1nn(C)cc1CNC(=O)[C@@H]1[C@@H](C(=O)O)[C@H]2CC[C@H]1O2. The summed E-state index contributed by atoms with van der Waals surface area (Å²) in [6.45, 7) is 2.24. The van der Waals surface area contributed by atoms with Crippen LogP contribution in [0.3, 0.4) is 0 Å². The van der Waals surface area contributed by atoms with Crippen LogP contribution in [0.1, 0.15) is 24.1 Å². The van der Waals surface area contributed by atoms with Crippen molar-refractivity contribution in [3.63, 3.8) is 0 Å². The number of rotatable bonds is 4. The number of carbonyl (C=O) groups excluding carboxylic acids is 1. The third-order valence-electron chi connectivity index (χ3n) is 4.43. The predicted molar refractivity (Wildman–Crippen MR) is 72.3 cm³/mol. The molecule has 0 aromatic carbocycles. The van der Waals surface area contributed by atoms with Crippen LogP contribution in [-0.2, 0) is 27.9 Å². The molecule has 1 aromatic heterocycles. The fraction of sp³-hybridized carbons (Fsp3) is 0.643. The monoisotopic (exact) mass is 293 g/mol. The molecule has 1 aromatic rings. The van der Waals surface area contributed by atoms with Gasteiger partial charge in [0.1, 0.15) is 0 Å². The van der Waals surface area contributed by atoms with Gasteiger partial charge in [-0.25, -0.2) is 0 Å². The first-order chi connectivity index (χ1) is 9.97. The van der Waals surface area contributed by atoms with Crippen molar-refractivity contribution in [2.45, 2.75) is 38.5 Å². The summed E-state index contributed by atoms with van der Waals surface area (Å²) in [5, 5.41) is 16.4. The van der Waals surface area contributed by atoms with Crippen LogP contribution in [0.15, 0.2) is 6.20 Å². The third-order valence-corrected chi connectivity index (χ3v) is 4.43. The molecule has 2 bridgehead atoms. The fourth-order valence-electron chi connectivity index (χ4n) is 3.45. The van der Waals surface area contributed by atoms with E-state index in [1.54, 1.807) is 4.68 Å². The number of carboxylic acid groups (broad SMARTS) is 1. The lowest BCUT2D eigenvalue weighted by atomic mass is 9.78. The summed E-state index contributed by atoms with van der Waals surface area (Å²) in [5.41, 5.74) is 1.79. The van der Waals surface area contributed by atoms with Crippen LogP contribution in [0.2, 0.25) is 0 Å². The van der Waals surface area contributed by atoms with Crippen molar-refractivity contribution >= 4 is 11.9 Å². The quantitative estimate of drug-likeness (QED) is 0.828. The van der Waals surface area contributed by atoms with Gasteiger partial charge in [0.2, 0.25) is 5.91 Å². The number of carboxylic acids is 1. The van der Waals surface area contributed by atoms with Crippen molar-refractivity contribution < 1.29 is 19.4 Å². The van der Waals surface area contributed by atoms with E-state index in [1.165, 1.54) is 0 Å². The average Bonchev–Trinajstić information content (AvgIpc) is 3.09. The minimum absolute atomic E-state index is 0.238. The highest BCUT2D eigenvalue weighted by molar-refractivity contribution is 5.86. The molecule has 7 nitrogen and oxygen atoms in total. The number of aromatic nitrogens is 2. The van der Waals surface area contributed by atoms with Gasteiger partial charge in [-0.05, 0) is 19.8 Å². The zero-order chi connectivity index (χ0) is 15.1. The van der Waals surface area contributed by atoms with Gasteiger partial charge in [-0.3, -0.25) is 14.3 Å². The molecule has 7 heteroatoms. The second kappa shape index (κ2) is 5.14. The second-order valence-electron chi connectivity index (χ2n) is 5.81. The largest absolute Gasteiger partial charge is 0.481 e. The van der Waals surface area contributed by atoms with Crippen molar-refractivity contribution in [1.82, 2.24) is 15.1 Å². The van der Waals surface area contributed by atoms with Crippen LogP contribution in [-0.4, -0.2) is 39.0 Å². The van der Waals surface area contributed by atoms with E-state index in [0.717, 1.165) is 24.1 Å². The molecule has 0 aliphatic carbocycles. The van der Waals surface area contributed by atoms with Gasteiger partial charge in [0.05, 0.1) is 29.7 Å². The van der Waals surface area contributed by atoms with E-state index in [2.05, 4.69) is 10.4 Å². The number of hydrogen-bond donors (Lipinski definition) is 2. The Morgan fingerprint density at radius 3 is 2.67 bits per heavy atom. The Bertz CT molecular complexity index is 583. The maximum atomic E-state index is 12.4. The number of aryl methyl sites for hydroxylation is 2. The van der Waals surface area contributed by atoms with Gasteiger partial charge in [-0.15, -0.1) is 0 Å². The molecule has 114 valence electrons. The summed E-state index contributed by atoms with van der Waals surface area (Å²) < 4.78 is 7.29. The van der Waals surface area contributed by atoms with E-state index in [-0.39, 0.29) is 18.1 Å². The highest BCUT2D eigenvalue weighted by atomic mass is 16.5. The first kappa shape index (κ1) is 14.1. The topological polar surface area (TPSA) is 93.5 Å². The molecule has 0 spiro atoms. The van der Waals surface area contributed by atoms with E-state index in [0.29, 0.717) is 6.54 Å². The van der Waals surface area contributed by atoms with Crippen molar-refractivity contribution in [3.05, 3.63) is 17.5 Å². The molecule has 2 aliphatic heterocycles. The van der Waals surface area contributed by atoms with Crippen LogP contribution < -0.4 is 5.32 Å². The van der Waals surface area contributed by atoms with Crippen LogP contribution in [0.25, 0.3) is 0 Å². The van der Waals surface area contributed by atoms with Gasteiger partial charge in [0.25, 0.3) is 0 Å². The van der Waals surface area contributed by atoms with Crippen molar-refractivity contribution in [3.8, 4) is 0 Å². The number of ether oxygens (including phenoxy) is 1. The van der Waals surface area contributed by atoms with Crippen molar-refractivity contribution in [2.24, 2.45) is 18.9 Å². The van der Waals surface area contributed by atoms with Gasteiger partial charge in [-0.2, -0.15) is 5.10 Å². The van der Waals surface area contributed by atoms with E-state index < -0.39 is 17.8 Å². The van der Waals surface area contributed by atoms with Gasteiger partial charge >= 0.3 is 5.97 Å². The Kier molecular flexibility index (Phi) is 3.44. The molecule has 2 aliphatic rings. The Labute approximate surface area is 122 Å². The summed E-state index contributed by atoms with van der Waals surface area (Å²) in [4.78, 5) is 23.7. The number of amides is 1. The summed E-state index contributed by atoms with van der Waals surface area (Å²) >= 11 is 0. The Hall–Kier alpha value is -1.89. The molecule has 21 heavy (non-hydrogen) atoms. The Morgan fingerprint density at radius 2 is 2.10 bits per heavy atom. The molecule has 3 heterocycles. The average molecular weight is 293 g/mol. The summed E-state index contributed by atoms with van der Waals surface area (Å²) in [6.07, 6.45) is 2.77. The van der Waals surface area contributed by atoms with Crippen LogP contribution in [0, 0.1) is 18.8 Å². The zero-order valence-corrected chi connectivity index (χ0v) is 12.1. The van der Waals surface area contributed by atoms with Crippen molar-refractivity contribution in [2.75, 3.05) is 0 Å². The maximum absolute atomic E-state index is 12.4. The number of nitrogens with zero attached hydrogens (tertiary/aromatic N) is 2. The molecule has 0 unspecified atom stereocenters. The van der Waals surface area contributed by atoms with Crippen molar-refractivity contribution in [1.29, 1.82) is 0 Å². The number of nitrogens with one attached hydrogen (secondary N) is 1. The maximum Gasteiger partial charge on any atom is 0.310 e. The molecule has 1 amide bonds. The van der Waals surface area contributed by atoms with E-state index in [1.807, 2.05) is 20.2 Å². The lowest BCUT2D eigenvalue weighted by molar-refractivity contribution is -0.147. The van der Waals surface area contributed by atoms with Gasteiger partial charge in [0, 0.05) is 25.4 Å². The van der Waals surface area contributed by atoms with E-state index >= 15 is 0 Å². The smallest absolute Gasteiger partial charge is 0.310 e. The van der Waals surface area contributed by atoms with E-state index in [4.69, 9.17) is 4.74 Å². The summed E-state index contributed by atoms with van der Waals surface area (Å²) in [6, 6.07) is 0. The molecule has 0 saturated carbocycles. The van der Waals surface area contributed by atoms with E-state index in [9.17, 15) is 14.7 Å². The number of hydrogen-bond acceptors (Lipinski definition) is 4. The van der Waals surface area contributed by atoms with Crippen LogP contribution >= 0.6 is 0 Å². The zero-order valence-electron chi connectivity index (χ0n) is 12.1. The minimum atomic E-state index is -0.945. The lowest BCUT2D eigenvalue weighted by Crippen LogP contribution is -2.43. The van der Waals surface area contributed by atoms with Crippen LogP contribution in [0.5, 0.6) is 0 Å². The lowest BCUT2D eigenvalue weighted by Gasteiger charge is -2.23.